The lowest BCUT2D eigenvalue weighted by Crippen LogP contribution is -2.42. The van der Waals surface area contributed by atoms with E-state index >= 15 is 0 Å². The standard InChI is InChI=1S/C19H21N5O2/c1-13-10-24(12-18(25-13)19-23-22-14(2)26-19)11-15-6-7-17(21-9-15)16-5-3-4-8-20-16/h3-9,13,18H,10-12H2,1-2H3/t13-,18-/m1/s1. The molecule has 0 unspecified atom stereocenters. The van der Waals surface area contributed by atoms with Crippen LogP contribution in [0.5, 0.6) is 0 Å². The van der Waals surface area contributed by atoms with E-state index in [0.29, 0.717) is 18.3 Å². The zero-order valence-electron chi connectivity index (χ0n) is 14.9. The van der Waals surface area contributed by atoms with E-state index in [0.717, 1.165) is 30.0 Å². The van der Waals surface area contributed by atoms with E-state index in [1.54, 1.807) is 13.1 Å². The average Bonchev–Trinajstić information content (AvgIpc) is 3.09. The maximum atomic E-state index is 5.97. The van der Waals surface area contributed by atoms with E-state index in [9.17, 15) is 0 Å². The third-order valence-corrected chi connectivity index (χ3v) is 4.31. The molecule has 2 atom stereocenters. The summed E-state index contributed by atoms with van der Waals surface area (Å²) in [6, 6.07) is 9.94. The summed E-state index contributed by atoms with van der Waals surface area (Å²) in [6.07, 6.45) is 3.59. The van der Waals surface area contributed by atoms with Gasteiger partial charge in [-0.05, 0) is 30.7 Å². The largest absolute Gasteiger partial charge is 0.423 e. The molecule has 134 valence electrons. The van der Waals surface area contributed by atoms with Crippen LogP contribution in [0.25, 0.3) is 11.4 Å². The van der Waals surface area contributed by atoms with Crippen molar-refractivity contribution in [3.8, 4) is 11.4 Å². The summed E-state index contributed by atoms with van der Waals surface area (Å²) in [4.78, 5) is 11.2. The molecule has 3 aromatic rings. The SMILES string of the molecule is Cc1nnc([C@H]2CN(Cc3ccc(-c4ccccn4)nc3)C[C@@H](C)O2)o1. The second kappa shape index (κ2) is 7.31. The fraction of sp³-hybridized carbons (Fsp3) is 0.368. The summed E-state index contributed by atoms with van der Waals surface area (Å²) in [5.74, 6) is 1.10. The highest BCUT2D eigenvalue weighted by molar-refractivity contribution is 5.53. The molecule has 0 bridgehead atoms. The Balaban J connectivity index is 1.44. The first kappa shape index (κ1) is 16.8. The monoisotopic (exact) mass is 351 g/mol. The van der Waals surface area contributed by atoms with Gasteiger partial charge >= 0.3 is 0 Å². The molecule has 4 rings (SSSR count). The Morgan fingerprint density at radius 3 is 2.65 bits per heavy atom. The van der Waals surface area contributed by atoms with Gasteiger partial charge in [-0.3, -0.25) is 14.9 Å². The molecule has 1 fully saturated rings. The number of ether oxygens (including phenoxy) is 1. The minimum absolute atomic E-state index is 0.0988. The molecule has 3 aromatic heterocycles. The first-order chi connectivity index (χ1) is 12.7. The summed E-state index contributed by atoms with van der Waals surface area (Å²) in [7, 11) is 0. The predicted molar refractivity (Wildman–Crippen MR) is 95.1 cm³/mol. The fourth-order valence-electron chi connectivity index (χ4n) is 3.19. The van der Waals surface area contributed by atoms with Crippen LogP contribution in [-0.2, 0) is 11.3 Å². The Hall–Kier alpha value is -2.64. The van der Waals surface area contributed by atoms with Crippen molar-refractivity contribution in [2.24, 2.45) is 0 Å². The van der Waals surface area contributed by atoms with Gasteiger partial charge in [-0.1, -0.05) is 12.1 Å². The third-order valence-electron chi connectivity index (χ3n) is 4.31. The Bertz CT molecular complexity index is 850. The summed E-state index contributed by atoms with van der Waals surface area (Å²) >= 11 is 0. The maximum absolute atomic E-state index is 5.97. The van der Waals surface area contributed by atoms with Crippen LogP contribution in [-0.4, -0.2) is 44.3 Å². The Labute approximate surface area is 152 Å². The van der Waals surface area contributed by atoms with Crippen molar-refractivity contribution in [2.45, 2.75) is 32.6 Å². The molecule has 0 amide bonds. The Morgan fingerprint density at radius 1 is 1.08 bits per heavy atom. The summed E-state index contributed by atoms with van der Waals surface area (Å²) in [5, 5.41) is 8.01. The molecule has 0 N–H and O–H groups in total. The zero-order chi connectivity index (χ0) is 17.9. The molecular weight excluding hydrogens is 330 g/mol. The number of nitrogens with zero attached hydrogens (tertiary/aromatic N) is 5. The van der Waals surface area contributed by atoms with Gasteiger partial charge in [0.25, 0.3) is 0 Å². The molecule has 26 heavy (non-hydrogen) atoms. The van der Waals surface area contributed by atoms with Crippen molar-refractivity contribution in [3.63, 3.8) is 0 Å². The van der Waals surface area contributed by atoms with Gasteiger partial charge in [-0.2, -0.15) is 0 Å². The molecule has 7 heteroatoms. The van der Waals surface area contributed by atoms with Crippen LogP contribution < -0.4 is 0 Å². The van der Waals surface area contributed by atoms with E-state index in [4.69, 9.17) is 9.15 Å². The first-order valence-corrected chi connectivity index (χ1v) is 8.71. The van der Waals surface area contributed by atoms with Crippen LogP contribution in [0.2, 0.25) is 0 Å². The molecule has 0 saturated carbocycles. The molecular formula is C19H21N5O2. The van der Waals surface area contributed by atoms with Gasteiger partial charge in [-0.15, -0.1) is 10.2 Å². The molecule has 7 nitrogen and oxygen atoms in total. The lowest BCUT2D eigenvalue weighted by atomic mass is 10.1. The van der Waals surface area contributed by atoms with Crippen LogP contribution in [0, 0.1) is 6.92 Å². The lowest BCUT2D eigenvalue weighted by molar-refractivity contribution is -0.0918. The molecule has 0 spiro atoms. The number of hydrogen-bond acceptors (Lipinski definition) is 7. The average molecular weight is 351 g/mol. The summed E-state index contributed by atoms with van der Waals surface area (Å²) in [6.45, 7) is 6.21. The number of hydrogen-bond donors (Lipinski definition) is 0. The van der Waals surface area contributed by atoms with E-state index < -0.39 is 0 Å². The van der Waals surface area contributed by atoms with Crippen molar-refractivity contribution < 1.29 is 9.15 Å². The third kappa shape index (κ3) is 3.79. The van der Waals surface area contributed by atoms with E-state index in [2.05, 4.69) is 38.1 Å². The number of aromatic nitrogens is 4. The summed E-state index contributed by atoms with van der Waals surface area (Å²) in [5.41, 5.74) is 2.91. The summed E-state index contributed by atoms with van der Waals surface area (Å²) < 4.78 is 11.5. The van der Waals surface area contributed by atoms with Gasteiger partial charge in [0, 0.05) is 39.0 Å². The maximum Gasteiger partial charge on any atom is 0.246 e. The van der Waals surface area contributed by atoms with Gasteiger partial charge < -0.3 is 9.15 Å². The van der Waals surface area contributed by atoms with Crippen molar-refractivity contribution in [2.75, 3.05) is 13.1 Å². The van der Waals surface area contributed by atoms with Crippen LogP contribution in [0.3, 0.4) is 0 Å². The minimum atomic E-state index is -0.194. The molecule has 1 aliphatic heterocycles. The van der Waals surface area contributed by atoms with Crippen LogP contribution in [0.1, 0.15) is 30.4 Å². The van der Waals surface area contributed by atoms with Gasteiger partial charge in [0.05, 0.1) is 17.5 Å². The minimum Gasteiger partial charge on any atom is -0.423 e. The highest BCUT2D eigenvalue weighted by atomic mass is 16.5. The van der Waals surface area contributed by atoms with Crippen LogP contribution in [0.4, 0.5) is 0 Å². The normalized spacial score (nSPS) is 21.0. The predicted octanol–water partition coefficient (Wildman–Crippen LogP) is 2.80. The van der Waals surface area contributed by atoms with Gasteiger partial charge in [-0.25, -0.2) is 0 Å². The number of rotatable bonds is 4. The molecule has 1 aliphatic rings. The quantitative estimate of drug-likeness (QED) is 0.715. The Kier molecular flexibility index (Phi) is 4.73. The van der Waals surface area contributed by atoms with Gasteiger partial charge in [0.1, 0.15) is 6.10 Å². The highest BCUT2D eigenvalue weighted by Crippen LogP contribution is 2.25. The molecule has 4 heterocycles. The number of morpholine rings is 1. The number of aryl methyl sites for hydroxylation is 1. The molecule has 0 aromatic carbocycles. The first-order valence-electron chi connectivity index (χ1n) is 8.71. The lowest BCUT2D eigenvalue weighted by Gasteiger charge is -2.35. The van der Waals surface area contributed by atoms with E-state index in [1.165, 1.54) is 0 Å². The smallest absolute Gasteiger partial charge is 0.246 e. The van der Waals surface area contributed by atoms with Gasteiger partial charge in [0.15, 0.2) is 0 Å². The van der Waals surface area contributed by atoms with Crippen molar-refractivity contribution in [1.82, 2.24) is 25.1 Å². The van der Waals surface area contributed by atoms with Crippen molar-refractivity contribution >= 4 is 0 Å². The number of pyridine rings is 2. The van der Waals surface area contributed by atoms with Crippen LogP contribution >= 0.6 is 0 Å². The zero-order valence-corrected chi connectivity index (χ0v) is 14.9. The molecule has 1 saturated heterocycles. The van der Waals surface area contributed by atoms with Crippen molar-refractivity contribution in [1.29, 1.82) is 0 Å². The van der Waals surface area contributed by atoms with Crippen molar-refractivity contribution in [3.05, 3.63) is 60.1 Å². The van der Waals surface area contributed by atoms with E-state index in [1.807, 2.05) is 30.5 Å². The van der Waals surface area contributed by atoms with Crippen LogP contribution in [0.15, 0.2) is 47.1 Å². The topological polar surface area (TPSA) is 77.2 Å². The second-order valence-electron chi connectivity index (χ2n) is 6.56. The Morgan fingerprint density at radius 2 is 1.96 bits per heavy atom. The van der Waals surface area contributed by atoms with E-state index in [-0.39, 0.29) is 12.2 Å². The fourth-order valence-corrected chi connectivity index (χ4v) is 3.19. The molecule has 0 aliphatic carbocycles. The van der Waals surface area contributed by atoms with Gasteiger partial charge in [0.2, 0.25) is 11.8 Å². The highest BCUT2D eigenvalue weighted by Gasteiger charge is 2.30. The second-order valence-corrected chi connectivity index (χ2v) is 6.56. The molecule has 0 radical (unpaired) electrons.